The monoisotopic (exact) mass is 351 g/mol. The van der Waals surface area contributed by atoms with E-state index in [0.717, 1.165) is 31.2 Å². The smallest absolute Gasteiger partial charge is 0.304 e. The summed E-state index contributed by atoms with van der Waals surface area (Å²) in [7, 11) is 0. The van der Waals surface area contributed by atoms with Crippen molar-refractivity contribution in [3.8, 4) is 0 Å². The fraction of sp³-hybridized carbons (Fsp3) is 0.579. The third-order valence-corrected chi connectivity index (χ3v) is 5.14. The number of benzene rings is 1. The quantitative estimate of drug-likeness (QED) is 0.776. The molecule has 1 aromatic carbocycles. The van der Waals surface area contributed by atoms with Crippen LogP contribution in [-0.2, 0) is 9.59 Å². The highest BCUT2D eigenvalue weighted by molar-refractivity contribution is 6.30. The second-order valence-corrected chi connectivity index (χ2v) is 6.97. The third-order valence-electron chi connectivity index (χ3n) is 4.89. The molecule has 1 amide bonds. The summed E-state index contributed by atoms with van der Waals surface area (Å²) in [6, 6.07) is 7.82. The van der Waals surface area contributed by atoms with E-state index in [0.29, 0.717) is 11.4 Å². The number of piperidine rings is 1. The minimum absolute atomic E-state index is 0.0103. The Morgan fingerprint density at radius 2 is 1.96 bits per heavy atom. The first-order valence-electron chi connectivity index (χ1n) is 8.77. The second kappa shape index (κ2) is 8.52. The van der Waals surface area contributed by atoms with Gasteiger partial charge in [0, 0.05) is 17.0 Å². The van der Waals surface area contributed by atoms with Gasteiger partial charge in [0.15, 0.2) is 0 Å². The van der Waals surface area contributed by atoms with Crippen molar-refractivity contribution in [1.29, 1.82) is 0 Å². The largest absolute Gasteiger partial charge is 0.481 e. The lowest BCUT2D eigenvalue weighted by atomic mass is 9.84. The van der Waals surface area contributed by atoms with E-state index in [1.807, 2.05) is 29.2 Å². The number of hydrogen-bond acceptors (Lipinski definition) is 2. The van der Waals surface area contributed by atoms with Crippen LogP contribution in [0.1, 0.15) is 64.0 Å². The van der Waals surface area contributed by atoms with Crippen LogP contribution in [0.15, 0.2) is 24.3 Å². The third kappa shape index (κ3) is 4.29. The van der Waals surface area contributed by atoms with Gasteiger partial charge in [-0.05, 0) is 43.4 Å². The summed E-state index contributed by atoms with van der Waals surface area (Å²) >= 11 is 5.99. The van der Waals surface area contributed by atoms with Gasteiger partial charge in [0.05, 0.1) is 12.5 Å². The SMILES string of the molecule is CCC[C@H](CC)N1C(=O)[C@@H](CC(=O)O)CC[C@H]1c1ccc(Cl)cc1. The Hall–Kier alpha value is -1.55. The van der Waals surface area contributed by atoms with Gasteiger partial charge in [0.2, 0.25) is 5.91 Å². The van der Waals surface area contributed by atoms with Crippen LogP contribution in [0, 0.1) is 5.92 Å². The maximum absolute atomic E-state index is 13.0. The van der Waals surface area contributed by atoms with E-state index >= 15 is 0 Å². The number of nitrogens with zero attached hydrogens (tertiary/aromatic N) is 1. The van der Waals surface area contributed by atoms with Gasteiger partial charge < -0.3 is 10.0 Å². The molecule has 0 bridgehead atoms. The number of aliphatic carboxylic acids is 1. The number of hydrogen-bond donors (Lipinski definition) is 1. The number of carboxylic acids is 1. The average Bonchev–Trinajstić information content (AvgIpc) is 2.55. The summed E-state index contributed by atoms with van der Waals surface area (Å²) in [5.74, 6) is -1.32. The molecule has 5 heteroatoms. The standard InChI is InChI=1S/C19H26ClNO3/c1-3-5-16(4-2)21-17(13-6-9-15(20)10-7-13)11-8-14(19(21)24)12-18(22)23/h6-7,9-10,14,16-17H,3-5,8,11-12H2,1-2H3,(H,22,23)/t14-,16+,17+/m1/s1. The van der Waals surface area contributed by atoms with Gasteiger partial charge in [0.25, 0.3) is 0 Å². The van der Waals surface area contributed by atoms with Crippen molar-refractivity contribution in [2.75, 3.05) is 0 Å². The number of likely N-dealkylation sites (tertiary alicyclic amines) is 1. The van der Waals surface area contributed by atoms with Crippen LogP contribution in [0.4, 0.5) is 0 Å². The normalized spacial score (nSPS) is 22.5. The molecule has 1 aliphatic rings. The Morgan fingerprint density at radius 1 is 1.29 bits per heavy atom. The molecule has 0 spiro atoms. The predicted octanol–water partition coefficient (Wildman–Crippen LogP) is 4.67. The maximum atomic E-state index is 13.0. The van der Waals surface area contributed by atoms with E-state index < -0.39 is 11.9 Å². The lowest BCUT2D eigenvalue weighted by molar-refractivity contribution is -0.151. The summed E-state index contributed by atoms with van der Waals surface area (Å²) in [4.78, 5) is 26.1. The molecule has 1 aliphatic heterocycles. The zero-order valence-electron chi connectivity index (χ0n) is 14.4. The summed E-state index contributed by atoms with van der Waals surface area (Å²) < 4.78 is 0. The Morgan fingerprint density at radius 3 is 2.50 bits per heavy atom. The Bertz CT molecular complexity index is 572. The van der Waals surface area contributed by atoms with Crippen molar-refractivity contribution in [3.63, 3.8) is 0 Å². The van der Waals surface area contributed by atoms with Crippen LogP contribution in [0.3, 0.4) is 0 Å². The lowest BCUT2D eigenvalue weighted by Gasteiger charge is -2.44. The van der Waals surface area contributed by atoms with Crippen molar-refractivity contribution in [1.82, 2.24) is 4.90 Å². The second-order valence-electron chi connectivity index (χ2n) is 6.54. The van der Waals surface area contributed by atoms with Gasteiger partial charge in [-0.15, -0.1) is 0 Å². The predicted molar refractivity (Wildman–Crippen MR) is 95.0 cm³/mol. The van der Waals surface area contributed by atoms with Crippen LogP contribution < -0.4 is 0 Å². The van der Waals surface area contributed by atoms with Gasteiger partial charge in [-0.25, -0.2) is 0 Å². The minimum Gasteiger partial charge on any atom is -0.481 e. The molecule has 1 heterocycles. The summed E-state index contributed by atoms with van der Waals surface area (Å²) in [5, 5.41) is 9.77. The number of carbonyl (C=O) groups excluding carboxylic acids is 1. The molecule has 0 unspecified atom stereocenters. The Labute approximate surface area is 148 Å². The van der Waals surface area contributed by atoms with E-state index in [2.05, 4.69) is 13.8 Å². The van der Waals surface area contributed by atoms with Gasteiger partial charge in [-0.2, -0.15) is 0 Å². The molecule has 24 heavy (non-hydrogen) atoms. The molecule has 1 fully saturated rings. The molecular weight excluding hydrogens is 326 g/mol. The highest BCUT2D eigenvalue weighted by Crippen LogP contribution is 2.38. The molecule has 1 saturated heterocycles. The zero-order chi connectivity index (χ0) is 17.7. The molecular formula is C19H26ClNO3. The minimum atomic E-state index is -0.901. The molecule has 0 saturated carbocycles. The summed E-state index contributed by atoms with van der Waals surface area (Å²) in [5.41, 5.74) is 1.08. The number of amides is 1. The van der Waals surface area contributed by atoms with Crippen molar-refractivity contribution in [2.24, 2.45) is 5.92 Å². The van der Waals surface area contributed by atoms with E-state index in [4.69, 9.17) is 16.7 Å². The van der Waals surface area contributed by atoms with Crippen LogP contribution in [0.5, 0.6) is 0 Å². The lowest BCUT2D eigenvalue weighted by Crippen LogP contribution is -2.49. The topological polar surface area (TPSA) is 57.6 Å². The first-order valence-corrected chi connectivity index (χ1v) is 9.15. The van der Waals surface area contributed by atoms with E-state index in [1.54, 1.807) is 0 Å². The van der Waals surface area contributed by atoms with E-state index in [1.165, 1.54) is 0 Å². The van der Waals surface area contributed by atoms with E-state index in [-0.39, 0.29) is 24.4 Å². The fourth-order valence-electron chi connectivity index (χ4n) is 3.71. The highest BCUT2D eigenvalue weighted by atomic mass is 35.5. The maximum Gasteiger partial charge on any atom is 0.304 e. The molecule has 0 aromatic heterocycles. The first-order chi connectivity index (χ1) is 11.5. The molecule has 0 aliphatic carbocycles. The Balaban J connectivity index is 2.32. The van der Waals surface area contributed by atoms with Crippen molar-refractivity contribution in [2.45, 2.75) is 64.5 Å². The highest BCUT2D eigenvalue weighted by Gasteiger charge is 2.39. The number of carboxylic acid groups (broad SMARTS) is 1. The van der Waals surface area contributed by atoms with Crippen LogP contribution in [0.25, 0.3) is 0 Å². The Kier molecular flexibility index (Phi) is 6.67. The van der Waals surface area contributed by atoms with E-state index in [9.17, 15) is 9.59 Å². The van der Waals surface area contributed by atoms with Crippen LogP contribution >= 0.6 is 11.6 Å². The molecule has 3 atom stereocenters. The molecule has 1 N–H and O–H groups in total. The summed E-state index contributed by atoms with van der Waals surface area (Å²) in [6.07, 6.45) is 4.16. The van der Waals surface area contributed by atoms with Gasteiger partial charge >= 0.3 is 5.97 Å². The van der Waals surface area contributed by atoms with Crippen molar-refractivity contribution in [3.05, 3.63) is 34.9 Å². The first kappa shape index (κ1) is 18.8. The molecule has 132 valence electrons. The number of carbonyl (C=O) groups is 2. The fourth-order valence-corrected chi connectivity index (χ4v) is 3.83. The van der Waals surface area contributed by atoms with Crippen molar-refractivity contribution >= 4 is 23.5 Å². The molecule has 2 rings (SSSR count). The molecule has 0 radical (unpaired) electrons. The van der Waals surface area contributed by atoms with Gasteiger partial charge in [-0.3, -0.25) is 9.59 Å². The zero-order valence-corrected chi connectivity index (χ0v) is 15.1. The average molecular weight is 352 g/mol. The number of halogens is 1. The van der Waals surface area contributed by atoms with Crippen molar-refractivity contribution < 1.29 is 14.7 Å². The van der Waals surface area contributed by atoms with Crippen LogP contribution in [-0.4, -0.2) is 27.9 Å². The van der Waals surface area contributed by atoms with Gasteiger partial charge in [0.1, 0.15) is 0 Å². The summed E-state index contributed by atoms with van der Waals surface area (Å²) in [6.45, 7) is 4.20. The molecule has 4 nitrogen and oxygen atoms in total. The van der Waals surface area contributed by atoms with Gasteiger partial charge in [-0.1, -0.05) is 44.0 Å². The van der Waals surface area contributed by atoms with Crippen LogP contribution in [0.2, 0.25) is 5.02 Å². The molecule has 1 aromatic rings. The number of rotatable bonds is 7.